The number of aliphatic carboxylic acids is 1. The Bertz CT molecular complexity index is 327. The molecule has 0 rings (SSSR count). The highest BCUT2D eigenvalue weighted by Gasteiger charge is 2.30. The summed E-state index contributed by atoms with van der Waals surface area (Å²) in [6.45, 7) is 13.6. The smallest absolute Gasteiger partial charge is 0.320 e. The van der Waals surface area contributed by atoms with Gasteiger partial charge in [-0.1, -0.05) is 34.6 Å². The molecule has 4 heteroatoms. The van der Waals surface area contributed by atoms with Gasteiger partial charge in [-0.05, 0) is 26.2 Å². The molecule has 19 heavy (non-hydrogen) atoms. The number of hydrogen-bond acceptors (Lipinski definition) is 3. The third kappa shape index (κ3) is 6.19. The Morgan fingerprint density at radius 1 is 1.11 bits per heavy atom. The summed E-state index contributed by atoms with van der Waals surface area (Å²) in [5, 5.41) is 12.4. The zero-order chi connectivity index (χ0) is 15.4. The molecule has 0 fully saturated rings. The lowest BCUT2D eigenvalue weighted by Gasteiger charge is -2.34. The van der Waals surface area contributed by atoms with Crippen LogP contribution in [0, 0.1) is 11.3 Å². The molecule has 0 aromatic carbocycles. The topological polar surface area (TPSA) is 66.4 Å². The Kier molecular flexibility index (Phi) is 6.20. The summed E-state index contributed by atoms with van der Waals surface area (Å²) in [7, 11) is 0. The van der Waals surface area contributed by atoms with Crippen molar-refractivity contribution in [3.05, 3.63) is 0 Å². The predicted molar refractivity (Wildman–Crippen MR) is 77.2 cm³/mol. The van der Waals surface area contributed by atoms with E-state index < -0.39 is 17.4 Å². The third-order valence-corrected chi connectivity index (χ3v) is 3.78. The van der Waals surface area contributed by atoms with Crippen LogP contribution in [0.5, 0.6) is 0 Å². The molecule has 0 bridgehead atoms. The molecule has 112 valence electrons. The fourth-order valence-corrected chi connectivity index (χ4v) is 1.52. The first-order valence-electron chi connectivity index (χ1n) is 6.91. The average Bonchev–Trinajstić information content (AvgIpc) is 2.21. The number of Topliss-reactive ketones (excluding diaryl/α,β-unsaturated/α-hetero) is 1. The van der Waals surface area contributed by atoms with Gasteiger partial charge >= 0.3 is 5.97 Å². The summed E-state index contributed by atoms with van der Waals surface area (Å²) in [5.74, 6) is -0.481. The molecule has 2 N–H and O–H groups in total. The molecule has 0 saturated carbocycles. The van der Waals surface area contributed by atoms with Gasteiger partial charge in [0.05, 0.1) is 0 Å². The molecule has 0 aliphatic carbocycles. The van der Waals surface area contributed by atoms with Crippen molar-refractivity contribution in [2.45, 2.75) is 72.9 Å². The van der Waals surface area contributed by atoms with E-state index in [9.17, 15) is 14.7 Å². The van der Waals surface area contributed by atoms with Crippen LogP contribution in [-0.4, -0.2) is 28.4 Å². The highest BCUT2D eigenvalue weighted by molar-refractivity contribution is 5.84. The van der Waals surface area contributed by atoms with Gasteiger partial charge in [-0.3, -0.25) is 14.9 Å². The Labute approximate surface area is 117 Å². The van der Waals surface area contributed by atoms with Crippen molar-refractivity contribution in [2.75, 3.05) is 0 Å². The number of rotatable bonds is 7. The van der Waals surface area contributed by atoms with Gasteiger partial charge in [-0.15, -0.1) is 0 Å². The quantitative estimate of drug-likeness (QED) is 0.747. The Morgan fingerprint density at radius 2 is 1.58 bits per heavy atom. The van der Waals surface area contributed by atoms with E-state index in [4.69, 9.17) is 0 Å². The molecule has 0 spiro atoms. The van der Waals surface area contributed by atoms with Crippen molar-refractivity contribution in [1.29, 1.82) is 0 Å². The number of ketones is 1. The number of carbonyl (C=O) groups excluding carboxylic acids is 1. The second-order valence-corrected chi connectivity index (χ2v) is 7.12. The Morgan fingerprint density at radius 3 is 1.89 bits per heavy atom. The normalized spacial score (nSPS) is 14.5. The van der Waals surface area contributed by atoms with Crippen LogP contribution in [0.1, 0.15) is 61.3 Å². The molecule has 1 atom stereocenters. The van der Waals surface area contributed by atoms with Crippen LogP contribution in [0.15, 0.2) is 0 Å². The standard InChI is InChI=1S/C15H29NO3/c1-10(2)15(6,7)16-11(13(18)19)8-9-12(17)14(3,4)5/h10-11,16H,8-9H2,1-7H3,(H,18,19)/t11-/m0/s1. The van der Waals surface area contributed by atoms with Crippen LogP contribution in [0.2, 0.25) is 0 Å². The lowest BCUT2D eigenvalue weighted by atomic mass is 9.86. The van der Waals surface area contributed by atoms with E-state index in [1.165, 1.54) is 0 Å². The molecule has 0 aromatic rings. The van der Waals surface area contributed by atoms with E-state index in [0.29, 0.717) is 18.8 Å². The lowest BCUT2D eigenvalue weighted by Crippen LogP contribution is -2.52. The number of hydrogen-bond donors (Lipinski definition) is 2. The van der Waals surface area contributed by atoms with Gasteiger partial charge in [0.2, 0.25) is 0 Å². The summed E-state index contributed by atoms with van der Waals surface area (Å²) >= 11 is 0. The van der Waals surface area contributed by atoms with Gasteiger partial charge in [0.1, 0.15) is 11.8 Å². The molecule has 0 saturated heterocycles. The molecule has 4 nitrogen and oxygen atoms in total. The molecular weight excluding hydrogens is 242 g/mol. The second-order valence-electron chi connectivity index (χ2n) is 7.12. The van der Waals surface area contributed by atoms with Crippen molar-refractivity contribution in [1.82, 2.24) is 5.32 Å². The van der Waals surface area contributed by atoms with Gasteiger partial charge in [0.25, 0.3) is 0 Å². The maximum absolute atomic E-state index is 11.9. The van der Waals surface area contributed by atoms with Gasteiger partial charge in [0.15, 0.2) is 0 Å². The molecular formula is C15H29NO3. The molecule has 0 heterocycles. The molecule has 0 radical (unpaired) electrons. The van der Waals surface area contributed by atoms with E-state index in [0.717, 1.165) is 0 Å². The van der Waals surface area contributed by atoms with Gasteiger partial charge in [-0.2, -0.15) is 0 Å². The van der Waals surface area contributed by atoms with Crippen LogP contribution in [0.3, 0.4) is 0 Å². The monoisotopic (exact) mass is 271 g/mol. The molecule has 0 aliphatic rings. The summed E-state index contributed by atoms with van der Waals surface area (Å²) in [4.78, 5) is 23.2. The van der Waals surface area contributed by atoms with Crippen molar-refractivity contribution < 1.29 is 14.7 Å². The molecule has 0 amide bonds. The van der Waals surface area contributed by atoms with E-state index in [2.05, 4.69) is 5.32 Å². The number of carboxylic acid groups (broad SMARTS) is 1. The maximum atomic E-state index is 11.9. The van der Waals surface area contributed by atoms with Crippen molar-refractivity contribution in [2.24, 2.45) is 11.3 Å². The summed E-state index contributed by atoms with van der Waals surface area (Å²) in [5.41, 5.74) is -0.676. The SMILES string of the molecule is CC(C)C(C)(C)N[C@@H](CCC(=O)C(C)(C)C)C(=O)O. The fraction of sp³-hybridized carbons (Fsp3) is 0.867. The van der Waals surface area contributed by atoms with Crippen molar-refractivity contribution >= 4 is 11.8 Å². The fourth-order valence-electron chi connectivity index (χ4n) is 1.52. The maximum Gasteiger partial charge on any atom is 0.320 e. The van der Waals surface area contributed by atoms with Gasteiger partial charge < -0.3 is 5.11 Å². The van der Waals surface area contributed by atoms with Crippen LogP contribution in [0.25, 0.3) is 0 Å². The average molecular weight is 271 g/mol. The van der Waals surface area contributed by atoms with Crippen LogP contribution >= 0.6 is 0 Å². The highest BCUT2D eigenvalue weighted by Crippen LogP contribution is 2.20. The minimum absolute atomic E-state index is 0.0999. The van der Waals surface area contributed by atoms with Crippen LogP contribution < -0.4 is 5.32 Å². The largest absolute Gasteiger partial charge is 0.480 e. The zero-order valence-electron chi connectivity index (χ0n) is 13.3. The van der Waals surface area contributed by atoms with E-state index in [1.54, 1.807) is 0 Å². The van der Waals surface area contributed by atoms with Gasteiger partial charge in [-0.25, -0.2) is 0 Å². The summed E-state index contributed by atoms with van der Waals surface area (Å²) < 4.78 is 0. The molecule has 0 aromatic heterocycles. The number of nitrogens with one attached hydrogen (secondary N) is 1. The number of carboxylic acids is 1. The van der Waals surface area contributed by atoms with Crippen molar-refractivity contribution in [3.8, 4) is 0 Å². The first kappa shape index (κ1) is 18.1. The van der Waals surface area contributed by atoms with Crippen LogP contribution in [-0.2, 0) is 9.59 Å². The van der Waals surface area contributed by atoms with Gasteiger partial charge in [0, 0.05) is 17.4 Å². The number of carbonyl (C=O) groups is 2. The Hall–Kier alpha value is -0.900. The summed E-state index contributed by atoms with van der Waals surface area (Å²) in [6.07, 6.45) is 0.628. The lowest BCUT2D eigenvalue weighted by molar-refractivity contribution is -0.140. The summed E-state index contributed by atoms with van der Waals surface area (Å²) in [6, 6.07) is -0.677. The molecule has 0 unspecified atom stereocenters. The molecule has 0 aliphatic heterocycles. The first-order chi connectivity index (χ1) is 8.38. The van der Waals surface area contributed by atoms with E-state index >= 15 is 0 Å². The minimum Gasteiger partial charge on any atom is -0.480 e. The Balaban J connectivity index is 4.62. The highest BCUT2D eigenvalue weighted by atomic mass is 16.4. The zero-order valence-corrected chi connectivity index (χ0v) is 13.3. The predicted octanol–water partition coefficient (Wildman–Crippen LogP) is 2.86. The minimum atomic E-state index is -0.893. The van der Waals surface area contributed by atoms with Crippen LogP contribution in [0.4, 0.5) is 0 Å². The first-order valence-corrected chi connectivity index (χ1v) is 6.91. The second kappa shape index (κ2) is 6.51. The van der Waals surface area contributed by atoms with E-state index in [1.807, 2.05) is 48.5 Å². The van der Waals surface area contributed by atoms with E-state index in [-0.39, 0.29) is 11.3 Å². The van der Waals surface area contributed by atoms with Crippen molar-refractivity contribution in [3.63, 3.8) is 0 Å². The third-order valence-electron chi connectivity index (χ3n) is 3.78.